The molecule has 0 amide bonds. The van der Waals surface area contributed by atoms with E-state index in [0.29, 0.717) is 0 Å². The topological polar surface area (TPSA) is 57.0 Å². The molecule has 4 N–H and O–H groups in total. The van der Waals surface area contributed by atoms with Crippen molar-refractivity contribution in [2.75, 3.05) is 0 Å². The number of hydrogen-bond donors (Lipinski definition) is 2. The summed E-state index contributed by atoms with van der Waals surface area (Å²) in [6, 6.07) is 3.70. The Labute approximate surface area is 58.8 Å². The van der Waals surface area contributed by atoms with E-state index in [9.17, 15) is 0 Å². The molecule has 0 bridgehead atoms. The van der Waals surface area contributed by atoms with E-state index in [4.69, 9.17) is 22.8 Å². The quantitative estimate of drug-likeness (QED) is 0.589. The lowest BCUT2D eigenvalue weighted by molar-refractivity contribution is 1.23. The third-order valence-electron chi connectivity index (χ3n) is 0.950. The van der Waals surface area contributed by atoms with E-state index in [-0.39, 0.29) is 0 Å². The summed E-state index contributed by atoms with van der Waals surface area (Å²) < 4.78 is 1.67. The first-order valence-electron chi connectivity index (χ1n) is 2.42. The average molecular weight is 161 g/mol. The molecule has 0 aliphatic carbocycles. The van der Waals surface area contributed by atoms with Crippen molar-refractivity contribution in [1.29, 1.82) is 0 Å². The van der Waals surface area contributed by atoms with Crippen molar-refractivity contribution < 1.29 is 0 Å². The molecule has 0 radical (unpaired) electrons. The normalized spacial score (nSPS) is 11.8. The van der Waals surface area contributed by atoms with E-state index in [0.717, 1.165) is 0 Å². The first-order valence-corrected chi connectivity index (χ1v) is 5.31. The van der Waals surface area contributed by atoms with Gasteiger partial charge in [0.05, 0.1) is 0 Å². The SMILES string of the molecule is NP(N)(=S)n1cccc1. The van der Waals surface area contributed by atoms with Gasteiger partial charge in [0, 0.05) is 12.4 Å². The number of aromatic nitrogens is 1. The van der Waals surface area contributed by atoms with Gasteiger partial charge in [-0.3, -0.25) is 11.0 Å². The van der Waals surface area contributed by atoms with Crippen LogP contribution in [0.2, 0.25) is 0 Å². The molecule has 0 aliphatic rings. The van der Waals surface area contributed by atoms with Crippen LogP contribution in [0.25, 0.3) is 0 Å². The van der Waals surface area contributed by atoms with E-state index in [1.165, 1.54) is 0 Å². The third-order valence-corrected chi connectivity index (χ3v) is 2.50. The third kappa shape index (κ3) is 1.63. The lowest BCUT2D eigenvalue weighted by Gasteiger charge is -2.10. The molecule has 0 spiro atoms. The molecular weight excluding hydrogens is 153 g/mol. The monoisotopic (exact) mass is 161 g/mol. The first-order chi connectivity index (χ1) is 4.11. The fourth-order valence-electron chi connectivity index (χ4n) is 0.534. The van der Waals surface area contributed by atoms with E-state index >= 15 is 0 Å². The number of nitrogens with zero attached hydrogens (tertiary/aromatic N) is 1. The minimum atomic E-state index is -2.22. The van der Waals surface area contributed by atoms with Crippen LogP contribution in [0, 0.1) is 0 Å². The second kappa shape index (κ2) is 2.23. The average Bonchev–Trinajstić information content (AvgIpc) is 2.08. The maximum atomic E-state index is 5.47. The Kier molecular flexibility index (Phi) is 1.73. The van der Waals surface area contributed by atoms with Crippen LogP contribution < -0.4 is 11.0 Å². The van der Waals surface area contributed by atoms with Crippen LogP contribution in [-0.2, 0) is 11.8 Å². The summed E-state index contributed by atoms with van der Waals surface area (Å²) in [5, 5.41) is 0. The molecule has 5 heteroatoms. The van der Waals surface area contributed by atoms with Gasteiger partial charge in [-0.15, -0.1) is 0 Å². The fourth-order valence-corrected chi connectivity index (χ4v) is 1.43. The number of hydrogen-bond acceptors (Lipinski definition) is 1. The zero-order valence-electron chi connectivity index (χ0n) is 4.77. The van der Waals surface area contributed by atoms with Crippen molar-refractivity contribution in [3.63, 3.8) is 0 Å². The molecule has 9 heavy (non-hydrogen) atoms. The van der Waals surface area contributed by atoms with Crippen LogP contribution in [0.4, 0.5) is 0 Å². The minimum Gasteiger partial charge on any atom is -0.304 e. The van der Waals surface area contributed by atoms with Gasteiger partial charge in [0.2, 0.25) is 0 Å². The molecule has 0 fully saturated rings. The smallest absolute Gasteiger partial charge is 0.162 e. The highest BCUT2D eigenvalue weighted by atomic mass is 32.4. The summed E-state index contributed by atoms with van der Waals surface area (Å²) >= 11 is 4.83. The Hall–Kier alpha value is -0.150. The highest BCUT2D eigenvalue weighted by molar-refractivity contribution is 8.11. The molecular formula is C4H8N3PS. The number of nitrogens with two attached hydrogens (primary N) is 2. The minimum absolute atomic E-state index is 1.67. The van der Waals surface area contributed by atoms with E-state index in [1.807, 2.05) is 12.1 Å². The van der Waals surface area contributed by atoms with E-state index < -0.39 is 6.49 Å². The molecule has 1 aromatic heterocycles. The lowest BCUT2D eigenvalue weighted by atomic mass is 10.7. The van der Waals surface area contributed by atoms with Gasteiger partial charge >= 0.3 is 0 Å². The standard InChI is InChI=1S/C4H8N3PS/c5-8(6,9)7-3-1-2-4-7/h1-4H,(H4,5,6,9). The summed E-state index contributed by atoms with van der Waals surface area (Å²) in [6.45, 7) is -2.22. The Morgan fingerprint density at radius 3 is 1.89 bits per heavy atom. The van der Waals surface area contributed by atoms with E-state index in [2.05, 4.69) is 0 Å². The maximum absolute atomic E-state index is 5.47. The Morgan fingerprint density at radius 2 is 1.67 bits per heavy atom. The summed E-state index contributed by atoms with van der Waals surface area (Å²) in [6.07, 6.45) is 3.56. The highest BCUT2D eigenvalue weighted by Crippen LogP contribution is 2.27. The summed E-state index contributed by atoms with van der Waals surface area (Å²) in [4.78, 5) is 0. The van der Waals surface area contributed by atoms with Crippen molar-refractivity contribution in [3.05, 3.63) is 24.5 Å². The van der Waals surface area contributed by atoms with Gasteiger partial charge in [-0.25, -0.2) is 0 Å². The van der Waals surface area contributed by atoms with Crippen LogP contribution >= 0.6 is 6.49 Å². The Morgan fingerprint density at radius 1 is 1.22 bits per heavy atom. The largest absolute Gasteiger partial charge is 0.304 e. The van der Waals surface area contributed by atoms with Crippen molar-refractivity contribution in [2.24, 2.45) is 11.0 Å². The summed E-state index contributed by atoms with van der Waals surface area (Å²) in [5.74, 6) is 0. The van der Waals surface area contributed by atoms with Crippen LogP contribution in [0.5, 0.6) is 0 Å². The molecule has 1 heterocycles. The molecule has 1 rings (SSSR count). The molecule has 0 atom stereocenters. The zero-order chi connectivity index (χ0) is 6.91. The first kappa shape index (κ1) is 6.96. The van der Waals surface area contributed by atoms with Crippen molar-refractivity contribution in [1.82, 2.24) is 4.34 Å². The predicted molar refractivity (Wildman–Crippen MR) is 42.5 cm³/mol. The number of rotatable bonds is 1. The zero-order valence-corrected chi connectivity index (χ0v) is 6.48. The van der Waals surface area contributed by atoms with Gasteiger partial charge in [-0.05, 0) is 23.9 Å². The Bertz CT molecular complexity index is 224. The molecule has 0 unspecified atom stereocenters. The van der Waals surface area contributed by atoms with Crippen LogP contribution in [-0.4, -0.2) is 4.34 Å². The molecule has 0 aromatic carbocycles. The maximum Gasteiger partial charge on any atom is 0.162 e. The van der Waals surface area contributed by atoms with Crippen molar-refractivity contribution in [2.45, 2.75) is 0 Å². The lowest BCUT2D eigenvalue weighted by Crippen LogP contribution is -2.10. The van der Waals surface area contributed by atoms with Gasteiger partial charge in [0.15, 0.2) is 6.49 Å². The van der Waals surface area contributed by atoms with Crippen LogP contribution in [0.1, 0.15) is 0 Å². The van der Waals surface area contributed by atoms with E-state index in [1.54, 1.807) is 16.7 Å². The predicted octanol–water partition coefficient (Wildman–Crippen LogP) is 0.478. The molecule has 3 nitrogen and oxygen atoms in total. The molecule has 50 valence electrons. The van der Waals surface area contributed by atoms with Crippen LogP contribution in [0.15, 0.2) is 24.5 Å². The van der Waals surface area contributed by atoms with Gasteiger partial charge in [-0.2, -0.15) is 0 Å². The van der Waals surface area contributed by atoms with Gasteiger partial charge in [0.25, 0.3) is 0 Å². The summed E-state index contributed by atoms with van der Waals surface area (Å²) in [7, 11) is 0. The van der Waals surface area contributed by atoms with Crippen molar-refractivity contribution in [3.8, 4) is 0 Å². The second-order valence-corrected chi connectivity index (χ2v) is 5.30. The van der Waals surface area contributed by atoms with Gasteiger partial charge in [0.1, 0.15) is 0 Å². The van der Waals surface area contributed by atoms with Gasteiger partial charge in [-0.1, -0.05) is 0 Å². The summed E-state index contributed by atoms with van der Waals surface area (Å²) in [5.41, 5.74) is 10.9. The van der Waals surface area contributed by atoms with Crippen LogP contribution in [0.3, 0.4) is 0 Å². The molecule has 0 saturated carbocycles. The Balaban J connectivity index is 3.04. The van der Waals surface area contributed by atoms with Crippen molar-refractivity contribution >= 4 is 18.3 Å². The molecule has 1 aromatic rings. The second-order valence-electron chi connectivity index (χ2n) is 1.74. The highest BCUT2D eigenvalue weighted by Gasteiger charge is 2.01. The fraction of sp³-hybridized carbons (Fsp3) is 0. The molecule has 0 aliphatic heterocycles. The van der Waals surface area contributed by atoms with Gasteiger partial charge < -0.3 is 4.34 Å². The molecule has 0 saturated heterocycles.